The molecule has 0 saturated carbocycles. The van der Waals surface area contributed by atoms with Gasteiger partial charge in [-0.3, -0.25) is 4.79 Å². The summed E-state index contributed by atoms with van der Waals surface area (Å²) in [6.45, 7) is 4.79. The predicted octanol–water partition coefficient (Wildman–Crippen LogP) is 3.78. The molecule has 2 rings (SSSR count). The molecule has 1 unspecified atom stereocenters. The van der Waals surface area contributed by atoms with Crippen LogP contribution < -0.4 is 0 Å². The number of rotatable bonds is 4. The minimum absolute atomic E-state index is 0.139. The third kappa shape index (κ3) is 2.81. The molecule has 1 atom stereocenters. The van der Waals surface area contributed by atoms with Crippen LogP contribution in [0, 0.1) is 0 Å². The van der Waals surface area contributed by atoms with Crippen LogP contribution in [-0.2, 0) is 11.2 Å². The van der Waals surface area contributed by atoms with Crippen molar-refractivity contribution in [2.45, 2.75) is 51.6 Å². The summed E-state index contributed by atoms with van der Waals surface area (Å²) in [5, 5.41) is 0. The maximum Gasteiger partial charge on any atom is 0.194 e. The molecule has 1 saturated heterocycles. The Hall–Kier alpha value is -1.15. The van der Waals surface area contributed by atoms with E-state index >= 15 is 0 Å². The lowest BCUT2D eigenvalue weighted by atomic mass is 9.87. The fraction of sp³-hybridized carbons (Fsp3) is 0.562. The largest absolute Gasteiger partial charge is 0.367 e. The van der Waals surface area contributed by atoms with Crippen molar-refractivity contribution in [1.29, 1.82) is 0 Å². The van der Waals surface area contributed by atoms with Crippen LogP contribution in [0.2, 0.25) is 0 Å². The van der Waals surface area contributed by atoms with Gasteiger partial charge in [0.1, 0.15) is 5.60 Å². The Morgan fingerprint density at radius 3 is 2.89 bits per heavy atom. The number of carbonyl (C=O) groups is 1. The van der Waals surface area contributed by atoms with E-state index in [1.807, 2.05) is 25.1 Å². The van der Waals surface area contributed by atoms with Crippen LogP contribution in [0.4, 0.5) is 0 Å². The number of benzene rings is 1. The van der Waals surface area contributed by atoms with Crippen molar-refractivity contribution in [2.75, 3.05) is 6.61 Å². The first kappa shape index (κ1) is 13.3. The van der Waals surface area contributed by atoms with Crippen molar-refractivity contribution in [3.8, 4) is 0 Å². The van der Waals surface area contributed by atoms with Crippen LogP contribution in [0.1, 0.15) is 55.5 Å². The van der Waals surface area contributed by atoms with E-state index in [1.165, 1.54) is 5.56 Å². The van der Waals surface area contributed by atoms with E-state index in [1.54, 1.807) is 0 Å². The first-order chi connectivity index (χ1) is 8.65. The Bertz CT molecular complexity index is 417. The fourth-order valence-electron chi connectivity index (χ4n) is 2.58. The summed E-state index contributed by atoms with van der Waals surface area (Å²) >= 11 is 0. The van der Waals surface area contributed by atoms with E-state index < -0.39 is 5.60 Å². The number of hydrogen-bond donors (Lipinski definition) is 0. The van der Waals surface area contributed by atoms with Crippen molar-refractivity contribution in [1.82, 2.24) is 0 Å². The van der Waals surface area contributed by atoms with E-state index in [2.05, 4.69) is 13.0 Å². The second-order valence-corrected chi connectivity index (χ2v) is 5.32. The third-order valence-corrected chi connectivity index (χ3v) is 3.68. The van der Waals surface area contributed by atoms with Crippen LogP contribution in [0.25, 0.3) is 0 Å². The van der Waals surface area contributed by atoms with Crippen LogP contribution in [0.5, 0.6) is 0 Å². The molecule has 0 spiro atoms. The summed E-state index contributed by atoms with van der Waals surface area (Å²) in [5.41, 5.74) is 1.43. The van der Waals surface area contributed by atoms with E-state index in [-0.39, 0.29) is 5.78 Å². The molecule has 1 aromatic carbocycles. The van der Waals surface area contributed by atoms with Gasteiger partial charge in [0.25, 0.3) is 0 Å². The molecule has 1 aliphatic heterocycles. The van der Waals surface area contributed by atoms with Crippen LogP contribution in [0.3, 0.4) is 0 Å². The van der Waals surface area contributed by atoms with Crippen molar-refractivity contribution in [3.63, 3.8) is 0 Å². The molecule has 2 nitrogen and oxygen atoms in total. The normalized spacial score (nSPS) is 23.9. The number of aryl methyl sites for hydroxylation is 1. The highest BCUT2D eigenvalue weighted by Crippen LogP contribution is 2.28. The van der Waals surface area contributed by atoms with Crippen molar-refractivity contribution in [2.24, 2.45) is 0 Å². The molecule has 2 heteroatoms. The van der Waals surface area contributed by atoms with E-state index in [4.69, 9.17) is 4.74 Å². The molecule has 18 heavy (non-hydrogen) atoms. The Morgan fingerprint density at radius 2 is 2.22 bits per heavy atom. The lowest BCUT2D eigenvalue weighted by Gasteiger charge is -2.32. The molecule has 0 aromatic heterocycles. The molecule has 0 aliphatic carbocycles. The molecule has 0 amide bonds. The number of Topliss-reactive ketones (excluding diaryl/α,β-unsaturated/α-hetero) is 1. The lowest BCUT2D eigenvalue weighted by Crippen LogP contribution is -2.41. The summed E-state index contributed by atoms with van der Waals surface area (Å²) in [4.78, 5) is 12.6. The van der Waals surface area contributed by atoms with Gasteiger partial charge >= 0.3 is 0 Å². The maximum atomic E-state index is 12.6. The molecular weight excluding hydrogens is 224 g/mol. The Morgan fingerprint density at radius 1 is 1.39 bits per heavy atom. The maximum absolute atomic E-state index is 12.6. The first-order valence-electron chi connectivity index (χ1n) is 6.93. The average Bonchev–Trinajstić information content (AvgIpc) is 2.39. The Labute approximate surface area is 109 Å². The van der Waals surface area contributed by atoms with Gasteiger partial charge in [-0.1, -0.05) is 31.5 Å². The highest BCUT2D eigenvalue weighted by Gasteiger charge is 2.36. The molecule has 0 N–H and O–H groups in total. The average molecular weight is 246 g/mol. The van der Waals surface area contributed by atoms with Gasteiger partial charge in [0.2, 0.25) is 0 Å². The highest BCUT2D eigenvalue weighted by atomic mass is 16.5. The molecule has 1 aromatic rings. The topological polar surface area (TPSA) is 26.3 Å². The van der Waals surface area contributed by atoms with E-state index in [0.29, 0.717) is 6.61 Å². The summed E-state index contributed by atoms with van der Waals surface area (Å²) in [7, 11) is 0. The van der Waals surface area contributed by atoms with Crippen molar-refractivity contribution >= 4 is 5.78 Å². The quantitative estimate of drug-likeness (QED) is 0.756. The van der Waals surface area contributed by atoms with Crippen LogP contribution in [0.15, 0.2) is 24.3 Å². The number of ether oxygens (including phenoxy) is 1. The van der Waals surface area contributed by atoms with Gasteiger partial charge in [-0.2, -0.15) is 0 Å². The first-order valence-corrected chi connectivity index (χ1v) is 6.93. The zero-order valence-electron chi connectivity index (χ0n) is 11.4. The zero-order valence-corrected chi connectivity index (χ0v) is 11.4. The molecule has 0 radical (unpaired) electrons. The monoisotopic (exact) mass is 246 g/mol. The highest BCUT2D eigenvalue weighted by molar-refractivity contribution is 6.02. The minimum atomic E-state index is -0.608. The number of hydrogen-bond acceptors (Lipinski definition) is 2. The summed E-state index contributed by atoms with van der Waals surface area (Å²) in [5.74, 6) is 0.139. The summed E-state index contributed by atoms with van der Waals surface area (Å²) in [6.07, 6.45) is 5.11. The van der Waals surface area contributed by atoms with E-state index in [0.717, 1.165) is 37.7 Å². The molecule has 98 valence electrons. The van der Waals surface area contributed by atoms with Gasteiger partial charge in [-0.25, -0.2) is 0 Å². The molecule has 1 fully saturated rings. The predicted molar refractivity (Wildman–Crippen MR) is 73.0 cm³/mol. The second kappa shape index (κ2) is 5.66. The smallest absolute Gasteiger partial charge is 0.194 e. The number of carbonyl (C=O) groups excluding carboxylic acids is 1. The van der Waals surface area contributed by atoms with Gasteiger partial charge in [0.05, 0.1) is 0 Å². The van der Waals surface area contributed by atoms with Crippen molar-refractivity contribution < 1.29 is 9.53 Å². The van der Waals surface area contributed by atoms with Gasteiger partial charge < -0.3 is 4.74 Å². The molecular formula is C16H22O2. The summed E-state index contributed by atoms with van der Waals surface area (Å²) < 4.78 is 5.73. The lowest BCUT2D eigenvalue weighted by molar-refractivity contribution is -0.0426. The molecule has 1 aliphatic rings. The van der Waals surface area contributed by atoms with Gasteiger partial charge in [0.15, 0.2) is 5.78 Å². The standard InChI is InChI=1S/C16H22O2/c1-3-7-13-8-6-9-14(12-13)15(17)16(2)10-4-5-11-18-16/h6,8-9,12H,3-5,7,10-11H2,1-2H3. The molecule has 0 bridgehead atoms. The zero-order chi connectivity index (χ0) is 13.0. The van der Waals surface area contributed by atoms with Crippen molar-refractivity contribution in [3.05, 3.63) is 35.4 Å². The Balaban J connectivity index is 2.19. The molecule has 1 heterocycles. The summed E-state index contributed by atoms with van der Waals surface area (Å²) in [6, 6.07) is 7.99. The third-order valence-electron chi connectivity index (χ3n) is 3.68. The number of ketones is 1. The Kier molecular flexibility index (Phi) is 4.18. The second-order valence-electron chi connectivity index (χ2n) is 5.32. The van der Waals surface area contributed by atoms with Crippen LogP contribution >= 0.6 is 0 Å². The fourth-order valence-corrected chi connectivity index (χ4v) is 2.58. The minimum Gasteiger partial charge on any atom is -0.367 e. The SMILES string of the molecule is CCCc1cccc(C(=O)C2(C)CCCCO2)c1. The van der Waals surface area contributed by atoms with Gasteiger partial charge in [0, 0.05) is 12.2 Å². The van der Waals surface area contributed by atoms with Gasteiger partial charge in [-0.05, 0) is 44.2 Å². The van der Waals surface area contributed by atoms with E-state index in [9.17, 15) is 4.79 Å². The van der Waals surface area contributed by atoms with Gasteiger partial charge in [-0.15, -0.1) is 0 Å². The van der Waals surface area contributed by atoms with Crippen LogP contribution in [-0.4, -0.2) is 18.0 Å².